The Morgan fingerprint density at radius 3 is 3.00 bits per heavy atom. The van der Waals surface area contributed by atoms with Gasteiger partial charge in [0.15, 0.2) is 0 Å². The summed E-state index contributed by atoms with van der Waals surface area (Å²) in [6.45, 7) is 5.80. The minimum Gasteiger partial charge on any atom is -0.348 e. The van der Waals surface area contributed by atoms with E-state index in [9.17, 15) is 4.79 Å². The number of carbonyl (C=O) groups is 1. The van der Waals surface area contributed by atoms with Crippen LogP contribution in [-0.4, -0.2) is 12.5 Å². The zero-order chi connectivity index (χ0) is 12.0. The number of amides is 1. The maximum absolute atomic E-state index is 11.5. The molecule has 0 aliphatic carbocycles. The number of nitrogens with zero attached hydrogens (tertiary/aromatic N) is 1. The van der Waals surface area contributed by atoms with Crippen LogP contribution in [0, 0.1) is 18.3 Å². The standard InChI is InChI=1S/C12H12N2OS/c1-3-5-14-12(15)10(8-13)7-11-9(2)4-6-16-11/h3-4,6-7H,1,5H2,2H3,(H,14,15). The fourth-order valence-electron chi connectivity index (χ4n) is 1.07. The third-order valence-corrected chi connectivity index (χ3v) is 2.92. The number of hydrogen-bond donors (Lipinski definition) is 1. The van der Waals surface area contributed by atoms with E-state index in [2.05, 4.69) is 11.9 Å². The van der Waals surface area contributed by atoms with Gasteiger partial charge in [0.05, 0.1) is 0 Å². The molecule has 16 heavy (non-hydrogen) atoms. The first-order chi connectivity index (χ1) is 7.69. The summed E-state index contributed by atoms with van der Waals surface area (Å²) in [6.07, 6.45) is 3.18. The summed E-state index contributed by atoms with van der Waals surface area (Å²) in [5.74, 6) is -0.366. The van der Waals surface area contributed by atoms with Crippen LogP contribution in [0.1, 0.15) is 10.4 Å². The second-order valence-corrected chi connectivity index (χ2v) is 4.08. The van der Waals surface area contributed by atoms with Gasteiger partial charge < -0.3 is 5.32 Å². The van der Waals surface area contributed by atoms with E-state index in [1.165, 1.54) is 11.3 Å². The van der Waals surface area contributed by atoms with E-state index in [1.54, 1.807) is 12.2 Å². The molecule has 1 N–H and O–H groups in total. The van der Waals surface area contributed by atoms with Crippen LogP contribution in [0.3, 0.4) is 0 Å². The van der Waals surface area contributed by atoms with Gasteiger partial charge in [-0.3, -0.25) is 4.79 Å². The number of nitrogens with one attached hydrogen (secondary N) is 1. The molecule has 0 saturated carbocycles. The average molecular weight is 232 g/mol. The number of thiophene rings is 1. The normalized spacial score (nSPS) is 10.6. The predicted octanol–water partition coefficient (Wildman–Crippen LogP) is 2.27. The van der Waals surface area contributed by atoms with Crippen molar-refractivity contribution in [2.75, 3.05) is 6.54 Å². The van der Waals surface area contributed by atoms with E-state index < -0.39 is 0 Å². The quantitative estimate of drug-likeness (QED) is 0.492. The first-order valence-electron chi connectivity index (χ1n) is 4.74. The SMILES string of the molecule is C=CCNC(=O)C(C#N)=Cc1sccc1C. The Labute approximate surface area is 98.7 Å². The lowest BCUT2D eigenvalue weighted by Gasteiger charge is -1.99. The fourth-order valence-corrected chi connectivity index (χ4v) is 1.93. The summed E-state index contributed by atoms with van der Waals surface area (Å²) < 4.78 is 0. The van der Waals surface area contributed by atoms with Gasteiger partial charge in [-0.05, 0) is 30.0 Å². The number of rotatable bonds is 4. The van der Waals surface area contributed by atoms with Crippen LogP contribution in [0.15, 0.2) is 29.7 Å². The van der Waals surface area contributed by atoms with E-state index in [4.69, 9.17) is 5.26 Å². The predicted molar refractivity (Wildman–Crippen MR) is 65.9 cm³/mol. The number of carbonyl (C=O) groups excluding carboxylic acids is 1. The fraction of sp³-hybridized carbons (Fsp3) is 0.167. The van der Waals surface area contributed by atoms with Crippen molar-refractivity contribution in [1.82, 2.24) is 5.32 Å². The molecular weight excluding hydrogens is 220 g/mol. The molecule has 0 bridgehead atoms. The number of nitriles is 1. The molecule has 0 fully saturated rings. The largest absolute Gasteiger partial charge is 0.348 e. The molecule has 0 aliphatic heterocycles. The molecule has 3 nitrogen and oxygen atoms in total. The van der Waals surface area contributed by atoms with Crippen LogP contribution in [0.4, 0.5) is 0 Å². The Balaban J connectivity index is 2.87. The number of hydrogen-bond acceptors (Lipinski definition) is 3. The molecule has 0 radical (unpaired) electrons. The summed E-state index contributed by atoms with van der Waals surface area (Å²) in [5, 5.41) is 13.4. The highest BCUT2D eigenvalue weighted by Crippen LogP contribution is 2.18. The molecule has 0 aromatic carbocycles. The molecule has 0 saturated heterocycles. The topological polar surface area (TPSA) is 52.9 Å². The minimum absolute atomic E-state index is 0.118. The Morgan fingerprint density at radius 1 is 1.75 bits per heavy atom. The minimum atomic E-state index is -0.366. The van der Waals surface area contributed by atoms with Gasteiger partial charge in [0.1, 0.15) is 11.6 Å². The highest BCUT2D eigenvalue weighted by atomic mass is 32.1. The van der Waals surface area contributed by atoms with Crippen molar-refractivity contribution in [3.63, 3.8) is 0 Å². The van der Waals surface area contributed by atoms with Crippen LogP contribution in [0.2, 0.25) is 0 Å². The highest BCUT2D eigenvalue weighted by Gasteiger charge is 2.08. The molecule has 1 aromatic rings. The molecule has 1 heterocycles. The molecule has 0 aliphatic rings. The first-order valence-corrected chi connectivity index (χ1v) is 5.62. The summed E-state index contributed by atoms with van der Waals surface area (Å²) >= 11 is 1.51. The molecule has 4 heteroatoms. The van der Waals surface area contributed by atoms with Gasteiger partial charge >= 0.3 is 0 Å². The average Bonchev–Trinajstić information content (AvgIpc) is 2.68. The molecule has 0 unspecified atom stereocenters. The maximum atomic E-state index is 11.5. The molecule has 0 spiro atoms. The van der Waals surface area contributed by atoms with Crippen molar-refractivity contribution in [1.29, 1.82) is 5.26 Å². The van der Waals surface area contributed by atoms with Gasteiger partial charge in [0.25, 0.3) is 5.91 Å². The van der Waals surface area contributed by atoms with Crippen molar-refractivity contribution in [3.8, 4) is 6.07 Å². The molecule has 82 valence electrons. The van der Waals surface area contributed by atoms with Crippen molar-refractivity contribution in [2.24, 2.45) is 0 Å². The molecular formula is C12H12N2OS. The lowest BCUT2D eigenvalue weighted by Crippen LogP contribution is -2.24. The zero-order valence-corrected chi connectivity index (χ0v) is 9.80. The van der Waals surface area contributed by atoms with E-state index in [-0.39, 0.29) is 11.5 Å². The van der Waals surface area contributed by atoms with E-state index in [0.29, 0.717) is 6.54 Å². The summed E-state index contributed by atoms with van der Waals surface area (Å²) in [7, 11) is 0. The smallest absolute Gasteiger partial charge is 0.262 e. The van der Waals surface area contributed by atoms with Gasteiger partial charge in [0.2, 0.25) is 0 Å². The summed E-state index contributed by atoms with van der Waals surface area (Å²) in [6, 6.07) is 3.85. The van der Waals surface area contributed by atoms with Gasteiger partial charge in [-0.15, -0.1) is 17.9 Å². The van der Waals surface area contributed by atoms with Crippen LogP contribution >= 0.6 is 11.3 Å². The summed E-state index contributed by atoms with van der Waals surface area (Å²) in [5.41, 5.74) is 1.18. The third-order valence-electron chi connectivity index (χ3n) is 1.95. The summed E-state index contributed by atoms with van der Waals surface area (Å²) in [4.78, 5) is 12.5. The van der Waals surface area contributed by atoms with Crippen LogP contribution in [0.5, 0.6) is 0 Å². The Kier molecular flexibility index (Phi) is 4.49. The van der Waals surface area contributed by atoms with Gasteiger partial charge in [-0.1, -0.05) is 6.08 Å². The molecule has 1 aromatic heterocycles. The van der Waals surface area contributed by atoms with Crippen molar-refractivity contribution >= 4 is 23.3 Å². The van der Waals surface area contributed by atoms with Crippen LogP contribution in [-0.2, 0) is 4.79 Å². The van der Waals surface area contributed by atoms with Gasteiger partial charge in [-0.25, -0.2) is 0 Å². The monoisotopic (exact) mass is 232 g/mol. The molecule has 1 amide bonds. The molecule has 0 atom stereocenters. The Hall–Kier alpha value is -1.86. The second kappa shape index (κ2) is 5.89. The van der Waals surface area contributed by atoms with Crippen LogP contribution < -0.4 is 5.32 Å². The first kappa shape index (κ1) is 12.2. The van der Waals surface area contributed by atoms with Crippen molar-refractivity contribution < 1.29 is 4.79 Å². The zero-order valence-electron chi connectivity index (χ0n) is 8.99. The Bertz CT molecular complexity index is 466. The van der Waals surface area contributed by atoms with Gasteiger partial charge in [0, 0.05) is 11.4 Å². The van der Waals surface area contributed by atoms with Crippen molar-refractivity contribution in [3.05, 3.63) is 40.1 Å². The lowest BCUT2D eigenvalue weighted by molar-refractivity contribution is -0.116. The maximum Gasteiger partial charge on any atom is 0.262 e. The molecule has 1 rings (SSSR count). The van der Waals surface area contributed by atoms with Crippen LogP contribution in [0.25, 0.3) is 6.08 Å². The lowest BCUT2D eigenvalue weighted by atomic mass is 10.2. The van der Waals surface area contributed by atoms with E-state index in [0.717, 1.165) is 10.4 Å². The Morgan fingerprint density at radius 2 is 2.50 bits per heavy atom. The highest BCUT2D eigenvalue weighted by molar-refractivity contribution is 7.11. The van der Waals surface area contributed by atoms with Crippen molar-refractivity contribution in [2.45, 2.75) is 6.92 Å². The van der Waals surface area contributed by atoms with Gasteiger partial charge in [-0.2, -0.15) is 5.26 Å². The second-order valence-electron chi connectivity index (χ2n) is 3.14. The third kappa shape index (κ3) is 3.07. The van der Waals surface area contributed by atoms with E-state index in [1.807, 2.05) is 24.4 Å². The number of aryl methyl sites for hydroxylation is 1. The van der Waals surface area contributed by atoms with E-state index >= 15 is 0 Å².